The van der Waals surface area contributed by atoms with Crippen LogP contribution in [0.1, 0.15) is 11.1 Å². The Labute approximate surface area is 147 Å². The van der Waals surface area contributed by atoms with Crippen molar-refractivity contribution in [3.05, 3.63) is 70.4 Å². The SMILES string of the molecule is O=C(Cc1cccc2ccccc12)N(Cc1ccsc1)CC(F)(F)F. The molecule has 130 valence electrons. The Balaban J connectivity index is 1.83. The van der Waals surface area contributed by atoms with Crippen molar-refractivity contribution in [1.82, 2.24) is 4.90 Å². The van der Waals surface area contributed by atoms with E-state index in [-0.39, 0.29) is 13.0 Å². The van der Waals surface area contributed by atoms with Gasteiger partial charge >= 0.3 is 6.18 Å². The summed E-state index contributed by atoms with van der Waals surface area (Å²) in [5.41, 5.74) is 1.45. The van der Waals surface area contributed by atoms with Gasteiger partial charge in [0.25, 0.3) is 0 Å². The second-order valence-electron chi connectivity index (χ2n) is 5.81. The molecule has 0 spiro atoms. The zero-order chi connectivity index (χ0) is 17.9. The van der Waals surface area contributed by atoms with Crippen molar-refractivity contribution in [2.75, 3.05) is 6.54 Å². The third kappa shape index (κ3) is 4.60. The largest absolute Gasteiger partial charge is 0.406 e. The van der Waals surface area contributed by atoms with Gasteiger partial charge in [-0.05, 0) is 38.7 Å². The summed E-state index contributed by atoms with van der Waals surface area (Å²) < 4.78 is 38.7. The smallest absolute Gasteiger partial charge is 0.329 e. The Bertz CT molecular complexity index is 853. The fourth-order valence-corrected chi connectivity index (χ4v) is 3.43. The summed E-state index contributed by atoms with van der Waals surface area (Å²) in [6.45, 7) is -1.28. The highest BCUT2D eigenvalue weighted by Gasteiger charge is 2.33. The van der Waals surface area contributed by atoms with Crippen molar-refractivity contribution in [2.24, 2.45) is 0 Å². The summed E-state index contributed by atoms with van der Waals surface area (Å²) in [6.07, 6.45) is -4.48. The van der Waals surface area contributed by atoms with Crippen LogP contribution < -0.4 is 0 Å². The molecule has 2 aromatic carbocycles. The van der Waals surface area contributed by atoms with Crippen LogP contribution in [0.25, 0.3) is 10.8 Å². The van der Waals surface area contributed by atoms with E-state index in [4.69, 9.17) is 0 Å². The molecule has 1 aromatic heterocycles. The zero-order valence-corrected chi connectivity index (χ0v) is 14.1. The highest BCUT2D eigenvalue weighted by atomic mass is 32.1. The molecular weight excluding hydrogens is 347 g/mol. The lowest BCUT2D eigenvalue weighted by Gasteiger charge is -2.24. The first-order valence-electron chi connectivity index (χ1n) is 7.74. The molecule has 0 aliphatic rings. The number of halogens is 3. The van der Waals surface area contributed by atoms with Crippen LogP contribution in [0.15, 0.2) is 59.3 Å². The predicted molar refractivity (Wildman–Crippen MR) is 93.4 cm³/mol. The van der Waals surface area contributed by atoms with E-state index < -0.39 is 18.6 Å². The van der Waals surface area contributed by atoms with Gasteiger partial charge in [-0.15, -0.1) is 0 Å². The van der Waals surface area contributed by atoms with Gasteiger partial charge in [0.2, 0.25) is 5.91 Å². The van der Waals surface area contributed by atoms with Crippen LogP contribution in [0.2, 0.25) is 0 Å². The van der Waals surface area contributed by atoms with E-state index in [0.29, 0.717) is 5.56 Å². The molecule has 0 bridgehead atoms. The number of thiophene rings is 1. The predicted octanol–water partition coefficient (Wildman–Crippen LogP) is 5.03. The maximum atomic E-state index is 12.9. The van der Waals surface area contributed by atoms with E-state index in [1.807, 2.05) is 36.4 Å². The summed E-state index contributed by atoms with van der Waals surface area (Å²) in [7, 11) is 0. The van der Waals surface area contributed by atoms with Crippen LogP contribution in [0.5, 0.6) is 0 Å². The van der Waals surface area contributed by atoms with Crippen LogP contribution in [-0.2, 0) is 17.8 Å². The third-order valence-corrected chi connectivity index (χ3v) is 4.63. The number of benzene rings is 2. The lowest BCUT2D eigenvalue weighted by Crippen LogP contribution is -2.39. The first-order chi connectivity index (χ1) is 11.9. The topological polar surface area (TPSA) is 20.3 Å². The molecule has 0 N–H and O–H groups in total. The fourth-order valence-electron chi connectivity index (χ4n) is 2.77. The Morgan fingerprint density at radius 3 is 2.52 bits per heavy atom. The second kappa shape index (κ2) is 7.27. The Kier molecular flexibility index (Phi) is 5.08. The second-order valence-corrected chi connectivity index (χ2v) is 6.59. The Morgan fingerprint density at radius 1 is 1.04 bits per heavy atom. The number of nitrogens with zero attached hydrogens (tertiary/aromatic N) is 1. The van der Waals surface area contributed by atoms with Crippen molar-refractivity contribution >= 4 is 28.0 Å². The summed E-state index contributed by atoms with van der Waals surface area (Å²) in [6, 6.07) is 14.8. The molecule has 0 saturated heterocycles. The van der Waals surface area contributed by atoms with Gasteiger partial charge in [-0.25, -0.2) is 0 Å². The van der Waals surface area contributed by atoms with Gasteiger partial charge in [0.15, 0.2) is 0 Å². The quantitative estimate of drug-likeness (QED) is 0.622. The minimum atomic E-state index is -4.43. The molecule has 0 radical (unpaired) electrons. The van der Waals surface area contributed by atoms with Gasteiger partial charge in [-0.2, -0.15) is 24.5 Å². The van der Waals surface area contributed by atoms with Gasteiger partial charge in [0.1, 0.15) is 6.54 Å². The van der Waals surface area contributed by atoms with Gasteiger partial charge in [-0.3, -0.25) is 4.79 Å². The van der Waals surface area contributed by atoms with Gasteiger partial charge < -0.3 is 4.90 Å². The van der Waals surface area contributed by atoms with Crippen LogP contribution in [-0.4, -0.2) is 23.5 Å². The molecule has 3 rings (SSSR count). The van der Waals surface area contributed by atoms with E-state index in [0.717, 1.165) is 21.2 Å². The minimum absolute atomic E-state index is 0.0351. The zero-order valence-electron chi connectivity index (χ0n) is 13.3. The molecule has 3 aromatic rings. The van der Waals surface area contributed by atoms with Crippen molar-refractivity contribution in [3.8, 4) is 0 Å². The van der Waals surface area contributed by atoms with Crippen molar-refractivity contribution < 1.29 is 18.0 Å². The van der Waals surface area contributed by atoms with E-state index in [9.17, 15) is 18.0 Å². The highest BCUT2D eigenvalue weighted by Crippen LogP contribution is 2.22. The normalized spacial score (nSPS) is 11.6. The maximum absolute atomic E-state index is 12.9. The molecular formula is C19H16F3NOS. The molecule has 0 aliphatic carbocycles. The summed E-state index contributed by atoms with van der Waals surface area (Å²) >= 11 is 1.40. The first-order valence-corrected chi connectivity index (χ1v) is 8.69. The van der Waals surface area contributed by atoms with Gasteiger partial charge in [0, 0.05) is 6.54 Å². The number of amides is 1. The standard InChI is InChI=1S/C19H16F3NOS/c20-19(21,22)13-23(11-14-8-9-25-12-14)18(24)10-16-6-3-5-15-4-1-2-7-17(15)16/h1-9,12H,10-11,13H2. The lowest BCUT2D eigenvalue weighted by atomic mass is 10.0. The summed E-state index contributed by atoms with van der Waals surface area (Å²) in [4.78, 5) is 13.5. The molecule has 0 aliphatic heterocycles. The Morgan fingerprint density at radius 2 is 1.80 bits per heavy atom. The molecule has 6 heteroatoms. The molecule has 0 unspecified atom stereocenters. The van der Waals surface area contributed by atoms with Crippen LogP contribution >= 0.6 is 11.3 Å². The summed E-state index contributed by atoms with van der Waals surface area (Å²) in [5, 5.41) is 5.40. The number of carbonyl (C=O) groups is 1. The highest BCUT2D eigenvalue weighted by molar-refractivity contribution is 7.07. The molecule has 2 nitrogen and oxygen atoms in total. The minimum Gasteiger partial charge on any atom is -0.329 e. The number of rotatable bonds is 5. The van der Waals surface area contributed by atoms with E-state index >= 15 is 0 Å². The van der Waals surface area contributed by atoms with Crippen molar-refractivity contribution in [1.29, 1.82) is 0 Å². The van der Waals surface area contributed by atoms with E-state index in [2.05, 4.69) is 0 Å². The van der Waals surface area contributed by atoms with Crippen LogP contribution in [0.3, 0.4) is 0 Å². The van der Waals surface area contributed by atoms with Crippen molar-refractivity contribution in [3.63, 3.8) is 0 Å². The molecule has 1 heterocycles. The average molecular weight is 363 g/mol. The number of fused-ring (bicyclic) bond motifs is 1. The summed E-state index contributed by atoms with van der Waals surface area (Å²) in [5.74, 6) is -0.528. The molecule has 1 amide bonds. The number of hydrogen-bond acceptors (Lipinski definition) is 2. The van der Waals surface area contributed by atoms with Crippen LogP contribution in [0, 0.1) is 0 Å². The molecule has 0 fully saturated rings. The molecule has 0 saturated carbocycles. The average Bonchev–Trinajstić information content (AvgIpc) is 3.06. The monoisotopic (exact) mass is 363 g/mol. The Hall–Kier alpha value is -2.34. The van der Waals surface area contributed by atoms with E-state index in [1.165, 1.54) is 11.3 Å². The molecule has 25 heavy (non-hydrogen) atoms. The number of hydrogen-bond donors (Lipinski definition) is 0. The maximum Gasteiger partial charge on any atom is 0.406 e. The van der Waals surface area contributed by atoms with Crippen molar-refractivity contribution in [2.45, 2.75) is 19.1 Å². The number of alkyl halides is 3. The van der Waals surface area contributed by atoms with Gasteiger partial charge in [0.05, 0.1) is 6.42 Å². The van der Waals surface area contributed by atoms with Gasteiger partial charge in [-0.1, -0.05) is 42.5 Å². The third-order valence-electron chi connectivity index (χ3n) is 3.90. The van der Waals surface area contributed by atoms with Crippen LogP contribution in [0.4, 0.5) is 13.2 Å². The lowest BCUT2D eigenvalue weighted by molar-refractivity contribution is -0.162. The molecule has 0 atom stereocenters. The first kappa shape index (κ1) is 17.5. The fraction of sp³-hybridized carbons (Fsp3) is 0.211. The number of carbonyl (C=O) groups excluding carboxylic acids is 1. The van der Waals surface area contributed by atoms with E-state index in [1.54, 1.807) is 22.9 Å².